The van der Waals surface area contributed by atoms with E-state index in [1.165, 1.54) is 11.1 Å². The van der Waals surface area contributed by atoms with Crippen LogP contribution in [0.3, 0.4) is 0 Å². The minimum absolute atomic E-state index is 0.0692. The lowest BCUT2D eigenvalue weighted by Gasteiger charge is -2.26. The summed E-state index contributed by atoms with van der Waals surface area (Å²) in [6.45, 7) is 2.48. The number of aliphatic carboxylic acids is 1. The maximum atomic E-state index is 11.6. The van der Waals surface area contributed by atoms with Gasteiger partial charge in [0.1, 0.15) is 5.75 Å². The van der Waals surface area contributed by atoms with Crippen molar-refractivity contribution in [2.24, 2.45) is 11.8 Å². The van der Waals surface area contributed by atoms with Gasteiger partial charge in [-0.2, -0.15) is 10.1 Å². The van der Waals surface area contributed by atoms with E-state index in [1.54, 1.807) is 19.5 Å². The van der Waals surface area contributed by atoms with Crippen LogP contribution in [0.25, 0.3) is 11.0 Å². The van der Waals surface area contributed by atoms with E-state index < -0.39 is 5.97 Å². The number of likely N-dealkylation sites (N-methyl/N-ethyl adjacent to an activating group) is 1. The topological polar surface area (TPSA) is 105 Å². The summed E-state index contributed by atoms with van der Waals surface area (Å²) in [5.74, 6) is 0.265. The van der Waals surface area contributed by atoms with Gasteiger partial charge in [-0.15, -0.1) is 0 Å². The first-order valence-corrected chi connectivity index (χ1v) is 11.1. The average molecular weight is 437 g/mol. The van der Waals surface area contributed by atoms with E-state index in [9.17, 15) is 9.90 Å². The number of anilines is 2. The number of carboxylic acids is 1. The molecule has 5 rings (SSSR count). The molecule has 1 fully saturated rings. The Morgan fingerprint density at radius 1 is 1.28 bits per heavy atom. The van der Waals surface area contributed by atoms with Gasteiger partial charge in [0.15, 0.2) is 5.65 Å². The van der Waals surface area contributed by atoms with Crippen LogP contribution in [-0.4, -0.2) is 56.4 Å². The first-order chi connectivity index (χ1) is 15.5. The van der Waals surface area contributed by atoms with Gasteiger partial charge < -0.3 is 20.1 Å². The lowest BCUT2D eigenvalue weighted by molar-refractivity contribution is -0.143. The van der Waals surface area contributed by atoms with Crippen molar-refractivity contribution >= 4 is 28.6 Å². The lowest BCUT2D eigenvalue weighted by Crippen LogP contribution is -2.26. The van der Waals surface area contributed by atoms with Crippen LogP contribution in [0.1, 0.15) is 30.4 Å². The zero-order chi connectivity index (χ0) is 22.2. The summed E-state index contributed by atoms with van der Waals surface area (Å²) in [6, 6.07) is 4.21. The van der Waals surface area contributed by atoms with Gasteiger partial charge >= 0.3 is 5.97 Å². The van der Waals surface area contributed by atoms with Gasteiger partial charge in [0.05, 0.1) is 30.3 Å². The van der Waals surface area contributed by atoms with Crippen molar-refractivity contribution < 1.29 is 14.6 Å². The molecule has 2 aliphatic rings. The molecule has 168 valence electrons. The van der Waals surface area contributed by atoms with Crippen LogP contribution in [-0.2, 0) is 24.3 Å². The minimum atomic E-state index is -0.717. The third kappa shape index (κ3) is 3.88. The largest absolute Gasteiger partial charge is 0.495 e. The third-order valence-electron chi connectivity index (χ3n) is 6.73. The predicted molar refractivity (Wildman–Crippen MR) is 120 cm³/mol. The fourth-order valence-electron chi connectivity index (χ4n) is 4.98. The van der Waals surface area contributed by atoms with Gasteiger partial charge in [0.25, 0.3) is 0 Å². The molecule has 3 heterocycles. The molecule has 2 N–H and O–H groups in total. The smallest absolute Gasteiger partial charge is 0.306 e. The van der Waals surface area contributed by atoms with E-state index in [-0.39, 0.29) is 11.8 Å². The minimum Gasteiger partial charge on any atom is -0.495 e. The molecule has 9 heteroatoms. The monoisotopic (exact) mass is 436 g/mol. The fourth-order valence-corrected chi connectivity index (χ4v) is 4.98. The van der Waals surface area contributed by atoms with Crippen LogP contribution >= 0.6 is 0 Å². The number of carbonyl (C=O) groups is 1. The number of nitrogens with zero attached hydrogens (tertiary/aromatic N) is 5. The quantitative estimate of drug-likeness (QED) is 0.607. The number of methoxy groups -OCH3 is 1. The van der Waals surface area contributed by atoms with Gasteiger partial charge in [0, 0.05) is 25.8 Å². The average Bonchev–Trinajstić information content (AvgIpc) is 3.41. The Hall–Kier alpha value is -3.20. The molecular formula is C23H28N6O3. The highest BCUT2D eigenvalue weighted by Crippen LogP contribution is 2.35. The lowest BCUT2D eigenvalue weighted by atomic mass is 9.96. The first-order valence-electron chi connectivity index (χ1n) is 11.1. The second-order valence-electron chi connectivity index (χ2n) is 8.87. The van der Waals surface area contributed by atoms with E-state index in [0.29, 0.717) is 18.1 Å². The van der Waals surface area contributed by atoms with Gasteiger partial charge in [-0.05, 0) is 55.5 Å². The number of ether oxygens (including phenoxy) is 1. The Labute approximate surface area is 186 Å². The molecule has 0 unspecified atom stereocenters. The number of hydrogen-bond acceptors (Lipinski definition) is 7. The molecule has 0 bridgehead atoms. The molecule has 0 amide bonds. The van der Waals surface area contributed by atoms with Crippen molar-refractivity contribution in [3.05, 3.63) is 35.7 Å². The van der Waals surface area contributed by atoms with Crippen molar-refractivity contribution in [3.63, 3.8) is 0 Å². The number of benzene rings is 1. The number of fused-ring (bicyclic) bond motifs is 2. The number of aromatic nitrogens is 4. The summed E-state index contributed by atoms with van der Waals surface area (Å²) in [7, 11) is 3.79. The number of carboxylic acid groups (broad SMARTS) is 1. The van der Waals surface area contributed by atoms with Crippen molar-refractivity contribution in [1.29, 1.82) is 0 Å². The zero-order valence-corrected chi connectivity index (χ0v) is 18.4. The highest BCUT2D eigenvalue weighted by molar-refractivity contribution is 5.76. The maximum absolute atomic E-state index is 11.6. The van der Waals surface area contributed by atoms with Crippen LogP contribution in [0.4, 0.5) is 11.6 Å². The summed E-state index contributed by atoms with van der Waals surface area (Å²) in [5.41, 5.74) is 4.11. The molecule has 1 aliphatic heterocycles. The highest BCUT2D eigenvalue weighted by atomic mass is 16.5. The molecule has 1 aromatic carbocycles. The van der Waals surface area contributed by atoms with Crippen LogP contribution < -0.4 is 10.1 Å². The van der Waals surface area contributed by atoms with E-state index in [4.69, 9.17) is 9.72 Å². The molecular weight excluding hydrogens is 408 g/mol. The summed E-state index contributed by atoms with van der Waals surface area (Å²) in [5, 5.41) is 18.1. The third-order valence-corrected chi connectivity index (χ3v) is 6.73. The Balaban J connectivity index is 1.43. The van der Waals surface area contributed by atoms with E-state index >= 15 is 0 Å². The molecule has 0 radical (unpaired) electrons. The van der Waals surface area contributed by atoms with Gasteiger partial charge in [-0.1, -0.05) is 6.42 Å². The molecule has 2 aromatic heterocycles. The van der Waals surface area contributed by atoms with E-state index in [1.807, 2.05) is 4.68 Å². The molecule has 1 saturated carbocycles. The summed E-state index contributed by atoms with van der Waals surface area (Å²) < 4.78 is 7.44. The molecule has 3 aromatic rings. The van der Waals surface area contributed by atoms with Crippen LogP contribution in [0.5, 0.6) is 5.75 Å². The van der Waals surface area contributed by atoms with E-state index in [2.05, 4.69) is 39.5 Å². The molecule has 32 heavy (non-hydrogen) atoms. The number of nitrogens with one attached hydrogen (secondary N) is 1. The van der Waals surface area contributed by atoms with E-state index in [0.717, 1.165) is 55.6 Å². The standard InChI is InChI=1S/C23H28N6O3/c1-28-7-6-14-9-20(32-2)19(8-16(14)12-28)26-23-24-10-17-11-25-29(21(17)27-23)13-15-4-3-5-18(15)22(30)31/h8-11,15,18H,3-7,12-13H2,1-2H3,(H,30,31)(H,24,26,27)/t15-,18-/m0/s1. The van der Waals surface area contributed by atoms with Crippen molar-refractivity contribution in [2.45, 2.75) is 38.8 Å². The Bertz CT molecular complexity index is 1160. The molecule has 0 saturated heterocycles. The molecule has 1 aliphatic carbocycles. The van der Waals surface area contributed by atoms with Crippen LogP contribution in [0, 0.1) is 11.8 Å². The SMILES string of the molecule is COc1cc2c(cc1Nc1ncc3cnn(C[C@@H]4CCC[C@@H]4C(=O)O)c3n1)CN(C)CC2. The van der Waals surface area contributed by atoms with Crippen molar-refractivity contribution in [2.75, 3.05) is 26.0 Å². The first kappa shape index (κ1) is 20.7. The zero-order valence-electron chi connectivity index (χ0n) is 18.4. The highest BCUT2D eigenvalue weighted by Gasteiger charge is 2.33. The Kier molecular flexibility index (Phi) is 5.42. The maximum Gasteiger partial charge on any atom is 0.306 e. The van der Waals surface area contributed by atoms with Gasteiger partial charge in [0.2, 0.25) is 5.95 Å². The molecule has 0 spiro atoms. The Morgan fingerprint density at radius 3 is 2.97 bits per heavy atom. The van der Waals surface area contributed by atoms with Gasteiger partial charge in [-0.3, -0.25) is 4.79 Å². The Morgan fingerprint density at radius 2 is 2.16 bits per heavy atom. The predicted octanol–water partition coefficient (Wildman–Crippen LogP) is 3.07. The second-order valence-corrected chi connectivity index (χ2v) is 8.87. The number of hydrogen-bond donors (Lipinski definition) is 2. The van der Waals surface area contributed by atoms with Gasteiger partial charge in [-0.25, -0.2) is 9.67 Å². The second kappa shape index (κ2) is 8.38. The normalized spacial score (nSPS) is 20.9. The summed E-state index contributed by atoms with van der Waals surface area (Å²) in [4.78, 5) is 23.0. The molecule has 2 atom stereocenters. The van der Waals surface area contributed by atoms with Crippen LogP contribution in [0.2, 0.25) is 0 Å². The molecule has 9 nitrogen and oxygen atoms in total. The van der Waals surface area contributed by atoms with Crippen LogP contribution in [0.15, 0.2) is 24.5 Å². The summed E-state index contributed by atoms with van der Waals surface area (Å²) in [6.07, 6.45) is 7.05. The summed E-state index contributed by atoms with van der Waals surface area (Å²) >= 11 is 0. The van der Waals surface area contributed by atoms with Crippen molar-refractivity contribution in [3.8, 4) is 5.75 Å². The number of rotatable bonds is 6. The fraction of sp³-hybridized carbons (Fsp3) is 0.478. The van der Waals surface area contributed by atoms with Crippen molar-refractivity contribution in [1.82, 2.24) is 24.6 Å².